The first kappa shape index (κ1) is 21.8. The standard InChI is InChI=1S/C2H3F3O3S.AsF5.Li.H/c3-2(4,5)1-9(6,7)8;2-1(3,4,5)6;;/h1H2,(H,6,7,8);;;/q;;+1;-1. The molecule has 0 spiro atoms. The van der Waals surface area contributed by atoms with Gasteiger partial charge in [-0.3, -0.25) is 4.55 Å². The molecule has 0 saturated carbocycles. The molecular formula is C2H4AsF8LiO3S. The first-order valence-corrected chi connectivity index (χ1v) is 7.73. The van der Waals surface area contributed by atoms with Crippen LogP contribution in [0.2, 0.25) is 0 Å². The Morgan fingerprint density at radius 3 is 1.25 bits per heavy atom. The summed E-state index contributed by atoms with van der Waals surface area (Å²) in [5, 5.41) is 0. The minimum Gasteiger partial charge on any atom is -1.00 e. The first-order chi connectivity index (χ1) is 5.94. The van der Waals surface area contributed by atoms with Crippen molar-refractivity contribution in [2.75, 3.05) is 5.75 Å². The molecule has 0 saturated heterocycles. The van der Waals surface area contributed by atoms with Crippen molar-refractivity contribution in [2.45, 2.75) is 6.18 Å². The molecule has 0 aliphatic rings. The average Bonchev–Trinajstić information content (AvgIpc) is 1.38. The Hall–Kier alpha value is 0.506. The molecule has 0 aromatic heterocycles. The van der Waals surface area contributed by atoms with E-state index in [9.17, 15) is 38.9 Å². The monoisotopic (exact) mass is 342 g/mol. The van der Waals surface area contributed by atoms with E-state index in [1.807, 2.05) is 0 Å². The second-order valence-corrected chi connectivity index (χ2v) is 6.11. The van der Waals surface area contributed by atoms with Gasteiger partial charge in [0.2, 0.25) is 0 Å². The van der Waals surface area contributed by atoms with Crippen LogP contribution in [-0.4, -0.2) is 39.7 Å². The van der Waals surface area contributed by atoms with Crippen molar-refractivity contribution in [3.8, 4) is 0 Å². The van der Waals surface area contributed by atoms with Crippen LogP contribution in [0.4, 0.5) is 30.5 Å². The number of hydrogen-bond acceptors (Lipinski definition) is 2. The number of halogens is 8. The van der Waals surface area contributed by atoms with Crippen molar-refractivity contribution >= 4 is 24.9 Å². The van der Waals surface area contributed by atoms with Crippen LogP contribution >= 0.6 is 0 Å². The fraction of sp³-hybridized carbons (Fsp3) is 1.00. The molecule has 0 atom stereocenters. The van der Waals surface area contributed by atoms with Gasteiger partial charge in [0.15, 0.2) is 5.75 Å². The summed E-state index contributed by atoms with van der Waals surface area (Å²) in [4.78, 5) is 0. The van der Waals surface area contributed by atoms with Gasteiger partial charge in [-0.05, 0) is 0 Å². The molecule has 3 nitrogen and oxygen atoms in total. The minimum absolute atomic E-state index is 0. The first-order valence-electron chi connectivity index (χ1n) is 2.57. The number of hydrogen-bond donors (Lipinski definition) is 1. The summed E-state index contributed by atoms with van der Waals surface area (Å²) in [6.45, 7) is 0. The summed E-state index contributed by atoms with van der Waals surface area (Å²) in [5.74, 6) is -2.18. The Morgan fingerprint density at radius 2 is 1.25 bits per heavy atom. The molecule has 14 heteroatoms. The van der Waals surface area contributed by atoms with Gasteiger partial charge in [0.1, 0.15) is 0 Å². The van der Waals surface area contributed by atoms with E-state index in [0.29, 0.717) is 0 Å². The van der Waals surface area contributed by atoms with Gasteiger partial charge in [-0.2, -0.15) is 21.6 Å². The van der Waals surface area contributed by atoms with E-state index >= 15 is 0 Å². The van der Waals surface area contributed by atoms with Gasteiger partial charge in [-0.1, -0.05) is 0 Å². The summed E-state index contributed by atoms with van der Waals surface area (Å²) in [6.07, 6.45) is -4.85. The Kier molecular flexibility index (Phi) is 8.03. The maximum absolute atomic E-state index is 11.0. The third kappa shape index (κ3) is 62.5. The van der Waals surface area contributed by atoms with E-state index in [1.165, 1.54) is 0 Å². The molecule has 16 heavy (non-hydrogen) atoms. The fourth-order valence-electron chi connectivity index (χ4n) is 0.207. The van der Waals surface area contributed by atoms with Crippen LogP contribution in [-0.2, 0) is 10.1 Å². The van der Waals surface area contributed by atoms with Crippen LogP contribution in [0.5, 0.6) is 0 Å². The van der Waals surface area contributed by atoms with Gasteiger partial charge in [-0.25, -0.2) is 0 Å². The predicted molar refractivity (Wildman–Crippen MR) is 34.9 cm³/mol. The summed E-state index contributed by atoms with van der Waals surface area (Å²) in [7, 11) is -4.91. The molecule has 0 heterocycles. The van der Waals surface area contributed by atoms with Gasteiger partial charge in [-0.15, -0.1) is 0 Å². The maximum Gasteiger partial charge on any atom is 1.00 e. The normalized spacial score (nSPS) is 14.9. The second-order valence-electron chi connectivity index (χ2n) is 1.98. The molecule has 0 fully saturated rings. The topological polar surface area (TPSA) is 54.4 Å². The second kappa shape index (κ2) is 5.91. The van der Waals surface area contributed by atoms with Gasteiger partial charge in [0.25, 0.3) is 10.1 Å². The summed E-state index contributed by atoms with van der Waals surface area (Å²) < 4.78 is 109. The summed E-state index contributed by atoms with van der Waals surface area (Å²) in [6, 6.07) is 0. The van der Waals surface area contributed by atoms with E-state index in [4.69, 9.17) is 4.55 Å². The molecule has 98 valence electrons. The summed E-state index contributed by atoms with van der Waals surface area (Å²) >= 11 is -8.99. The molecule has 0 rings (SSSR count). The van der Waals surface area contributed by atoms with Gasteiger partial charge in [0, 0.05) is 0 Å². The van der Waals surface area contributed by atoms with Gasteiger partial charge in [0.05, 0.1) is 0 Å². The van der Waals surface area contributed by atoms with Crippen molar-refractivity contribution < 1.29 is 63.8 Å². The zero-order chi connectivity index (χ0) is 13.2. The smallest absolute Gasteiger partial charge is 1.00 e. The van der Waals surface area contributed by atoms with Crippen molar-refractivity contribution in [1.82, 2.24) is 0 Å². The molecule has 0 aliphatic carbocycles. The number of rotatable bonds is 1. The Labute approximate surface area is 101 Å². The minimum atomic E-state index is -8.99. The van der Waals surface area contributed by atoms with Crippen molar-refractivity contribution in [3.05, 3.63) is 0 Å². The van der Waals surface area contributed by atoms with E-state index in [0.717, 1.165) is 0 Å². The van der Waals surface area contributed by atoms with Gasteiger partial charge < -0.3 is 1.43 Å². The summed E-state index contributed by atoms with van der Waals surface area (Å²) in [5.41, 5.74) is 0. The molecule has 0 amide bonds. The van der Waals surface area contributed by atoms with Crippen LogP contribution in [0, 0.1) is 0 Å². The Bertz CT molecular complexity index is 290. The van der Waals surface area contributed by atoms with Crippen LogP contribution < -0.4 is 18.9 Å². The van der Waals surface area contributed by atoms with Crippen LogP contribution in [0.1, 0.15) is 1.43 Å². The average molecular weight is 342 g/mol. The van der Waals surface area contributed by atoms with E-state index in [1.54, 1.807) is 0 Å². The Balaban J connectivity index is -0.0000000945. The fourth-order valence-corrected chi connectivity index (χ4v) is 0.620. The third-order valence-corrected chi connectivity index (χ3v) is 1.04. The van der Waals surface area contributed by atoms with Crippen LogP contribution in [0.3, 0.4) is 0 Å². The molecule has 0 aromatic carbocycles. The predicted octanol–water partition coefficient (Wildman–Crippen LogP) is -0.727. The number of alkyl halides is 3. The van der Waals surface area contributed by atoms with Gasteiger partial charge >= 0.3 is 57.2 Å². The van der Waals surface area contributed by atoms with E-state index < -0.39 is 36.8 Å². The SMILES string of the molecule is F[As](F)(F)(F)F.O=S(=O)(O)CC(F)(F)F.[H-].[Li+]. The zero-order valence-electron chi connectivity index (χ0n) is 8.35. The molecule has 1 N–H and O–H groups in total. The molecular weight excluding hydrogens is 338 g/mol. The molecule has 0 unspecified atom stereocenters. The molecule has 0 radical (unpaired) electrons. The third-order valence-electron chi connectivity index (χ3n) is 0.346. The van der Waals surface area contributed by atoms with Crippen molar-refractivity contribution in [2.24, 2.45) is 0 Å². The van der Waals surface area contributed by atoms with E-state index in [2.05, 4.69) is 0 Å². The zero-order valence-corrected chi connectivity index (χ0v) is 10.0. The van der Waals surface area contributed by atoms with Crippen molar-refractivity contribution in [3.63, 3.8) is 0 Å². The molecule has 0 aliphatic heterocycles. The largest absolute Gasteiger partial charge is 1.00 e. The quantitative estimate of drug-likeness (QED) is 0.389. The Morgan fingerprint density at radius 1 is 1.06 bits per heavy atom. The van der Waals surface area contributed by atoms with Crippen LogP contribution in [0.15, 0.2) is 0 Å². The molecule has 0 aromatic rings. The van der Waals surface area contributed by atoms with Crippen LogP contribution in [0.25, 0.3) is 0 Å². The van der Waals surface area contributed by atoms with Crippen molar-refractivity contribution in [1.29, 1.82) is 0 Å². The molecule has 0 bridgehead atoms. The van der Waals surface area contributed by atoms with E-state index in [-0.39, 0.29) is 20.3 Å². The maximum atomic E-state index is 11.0.